The van der Waals surface area contributed by atoms with Crippen molar-refractivity contribution < 1.29 is 28.7 Å². The van der Waals surface area contributed by atoms with Crippen LogP contribution in [0.3, 0.4) is 0 Å². The summed E-state index contributed by atoms with van der Waals surface area (Å²) in [6.45, 7) is 3.51. The van der Waals surface area contributed by atoms with Gasteiger partial charge < -0.3 is 9.47 Å². The molecule has 2 aromatic carbocycles. The number of hydrogen-bond donors (Lipinski definition) is 4. The van der Waals surface area contributed by atoms with Gasteiger partial charge in [-0.25, -0.2) is 0 Å². The molecular formula is C25H30Br2N4O6. The third kappa shape index (κ3) is 11.2. The van der Waals surface area contributed by atoms with Gasteiger partial charge in [-0.05, 0) is 86.5 Å². The van der Waals surface area contributed by atoms with E-state index in [1.807, 2.05) is 38.1 Å². The van der Waals surface area contributed by atoms with E-state index >= 15 is 0 Å². The lowest BCUT2D eigenvalue weighted by molar-refractivity contribution is -0.131. The van der Waals surface area contributed by atoms with E-state index < -0.39 is 23.6 Å². The van der Waals surface area contributed by atoms with Gasteiger partial charge in [0.05, 0.1) is 8.95 Å². The van der Waals surface area contributed by atoms with Crippen molar-refractivity contribution in [2.75, 3.05) is 13.2 Å². The Morgan fingerprint density at radius 2 is 1.03 bits per heavy atom. The molecule has 200 valence electrons. The Morgan fingerprint density at radius 1 is 0.649 bits per heavy atom. The summed E-state index contributed by atoms with van der Waals surface area (Å²) >= 11 is 6.79. The summed E-state index contributed by atoms with van der Waals surface area (Å²) in [7, 11) is 0. The maximum Gasteiger partial charge on any atom is 0.276 e. The fourth-order valence-electron chi connectivity index (χ4n) is 2.93. The number of carbonyl (C=O) groups excluding carboxylic acids is 4. The summed E-state index contributed by atoms with van der Waals surface area (Å²) < 4.78 is 12.3. The fraction of sp³-hybridized carbons (Fsp3) is 0.360. The molecule has 0 spiro atoms. The lowest BCUT2D eigenvalue weighted by atomic mass is 10.2. The number of amides is 4. The Bertz CT molecular complexity index is 1030. The van der Waals surface area contributed by atoms with Gasteiger partial charge in [-0.2, -0.15) is 0 Å². The van der Waals surface area contributed by atoms with E-state index in [2.05, 4.69) is 53.6 Å². The molecule has 0 saturated carbocycles. The molecule has 0 aliphatic carbocycles. The molecule has 0 saturated heterocycles. The van der Waals surface area contributed by atoms with Gasteiger partial charge in [0.25, 0.3) is 11.8 Å². The van der Waals surface area contributed by atoms with Crippen LogP contribution in [0.15, 0.2) is 45.3 Å². The van der Waals surface area contributed by atoms with Crippen molar-refractivity contribution in [2.24, 2.45) is 0 Å². The standard InChI is InChI=1S/C25H30Br2N4O6/c1-3-16-8-10-20(18(26)12-16)36-14-24(34)30-28-22(32)6-5-7-23(33)29-31-25(35)15-37-21-11-9-17(4-2)13-19(21)27/h8-13H,3-7,14-15H2,1-2H3,(H,28,32)(H,29,33)(H,30,34)(H,31,35). The molecule has 0 aliphatic heterocycles. The third-order valence-corrected chi connectivity index (χ3v) is 6.26. The van der Waals surface area contributed by atoms with Gasteiger partial charge in [-0.15, -0.1) is 0 Å². The number of hydrogen-bond acceptors (Lipinski definition) is 6. The van der Waals surface area contributed by atoms with Gasteiger partial charge in [0.15, 0.2) is 13.2 Å². The molecule has 2 rings (SSSR count). The first-order valence-electron chi connectivity index (χ1n) is 11.7. The highest BCUT2D eigenvalue weighted by Crippen LogP contribution is 2.27. The molecule has 0 radical (unpaired) electrons. The zero-order chi connectivity index (χ0) is 27.2. The molecular weight excluding hydrogens is 612 g/mol. The topological polar surface area (TPSA) is 135 Å². The molecule has 10 nitrogen and oxygen atoms in total. The van der Waals surface area contributed by atoms with Crippen LogP contribution in [-0.2, 0) is 32.0 Å². The second-order valence-corrected chi connectivity index (χ2v) is 9.57. The lowest BCUT2D eigenvalue weighted by Crippen LogP contribution is -2.44. The van der Waals surface area contributed by atoms with Crippen LogP contribution in [0.4, 0.5) is 0 Å². The summed E-state index contributed by atoms with van der Waals surface area (Å²) in [5.41, 5.74) is 11.3. The third-order valence-electron chi connectivity index (χ3n) is 5.02. The van der Waals surface area contributed by atoms with E-state index in [1.165, 1.54) is 0 Å². The van der Waals surface area contributed by atoms with Crippen molar-refractivity contribution in [1.82, 2.24) is 21.7 Å². The van der Waals surface area contributed by atoms with Gasteiger partial charge in [0.1, 0.15) is 11.5 Å². The first-order chi connectivity index (χ1) is 17.7. The molecule has 37 heavy (non-hydrogen) atoms. The summed E-state index contributed by atoms with van der Waals surface area (Å²) in [5.74, 6) is -0.964. The van der Waals surface area contributed by atoms with E-state index in [9.17, 15) is 19.2 Å². The Balaban J connectivity index is 1.56. The number of hydrazine groups is 2. The lowest BCUT2D eigenvalue weighted by Gasteiger charge is -2.11. The van der Waals surface area contributed by atoms with Crippen LogP contribution in [0.5, 0.6) is 11.5 Å². The van der Waals surface area contributed by atoms with Crippen LogP contribution in [0.2, 0.25) is 0 Å². The highest BCUT2D eigenvalue weighted by atomic mass is 79.9. The molecule has 4 N–H and O–H groups in total. The number of benzene rings is 2. The average Bonchev–Trinajstić information content (AvgIpc) is 2.89. The molecule has 0 unspecified atom stereocenters. The zero-order valence-corrected chi connectivity index (χ0v) is 23.8. The first kappa shape index (κ1) is 30.1. The Labute approximate surface area is 232 Å². The SMILES string of the molecule is CCc1ccc(OCC(=O)NNC(=O)CCCC(=O)NNC(=O)COc2ccc(CC)cc2Br)c(Br)c1. The van der Waals surface area contributed by atoms with Crippen molar-refractivity contribution >= 4 is 55.5 Å². The predicted molar refractivity (Wildman–Crippen MR) is 144 cm³/mol. The van der Waals surface area contributed by atoms with Crippen LogP contribution in [0.25, 0.3) is 0 Å². The molecule has 0 aromatic heterocycles. The number of nitrogens with one attached hydrogen (secondary N) is 4. The van der Waals surface area contributed by atoms with Crippen LogP contribution >= 0.6 is 31.9 Å². The molecule has 2 aromatic rings. The molecule has 4 amide bonds. The van der Waals surface area contributed by atoms with Crippen LogP contribution in [0.1, 0.15) is 44.2 Å². The van der Waals surface area contributed by atoms with Gasteiger partial charge in [0, 0.05) is 12.8 Å². The van der Waals surface area contributed by atoms with Gasteiger partial charge in [-0.1, -0.05) is 26.0 Å². The first-order valence-corrected chi connectivity index (χ1v) is 13.3. The normalized spacial score (nSPS) is 10.3. The molecule has 0 bridgehead atoms. The molecule has 0 atom stereocenters. The van der Waals surface area contributed by atoms with E-state index in [0.717, 1.165) is 32.9 Å². The fourth-order valence-corrected chi connectivity index (χ4v) is 4.02. The van der Waals surface area contributed by atoms with Gasteiger partial charge in [0.2, 0.25) is 11.8 Å². The van der Waals surface area contributed by atoms with Crippen LogP contribution in [0, 0.1) is 0 Å². The maximum absolute atomic E-state index is 11.9. The van der Waals surface area contributed by atoms with Gasteiger partial charge in [-0.3, -0.25) is 40.9 Å². The van der Waals surface area contributed by atoms with E-state index in [1.54, 1.807) is 12.1 Å². The number of ether oxygens (including phenoxy) is 2. The molecule has 12 heteroatoms. The van der Waals surface area contributed by atoms with E-state index in [0.29, 0.717) is 11.5 Å². The van der Waals surface area contributed by atoms with E-state index in [4.69, 9.17) is 9.47 Å². The average molecular weight is 642 g/mol. The van der Waals surface area contributed by atoms with Crippen molar-refractivity contribution in [1.29, 1.82) is 0 Å². The second kappa shape index (κ2) is 15.9. The maximum atomic E-state index is 11.9. The largest absolute Gasteiger partial charge is 0.483 e. The van der Waals surface area contributed by atoms with Crippen molar-refractivity contribution in [3.8, 4) is 11.5 Å². The van der Waals surface area contributed by atoms with Crippen molar-refractivity contribution in [3.05, 3.63) is 56.5 Å². The predicted octanol–water partition coefficient (Wildman–Crippen LogP) is 3.26. The highest BCUT2D eigenvalue weighted by Gasteiger charge is 2.11. The monoisotopic (exact) mass is 640 g/mol. The number of aryl methyl sites for hydroxylation is 2. The van der Waals surface area contributed by atoms with Crippen LogP contribution in [-0.4, -0.2) is 36.8 Å². The number of halogens is 2. The van der Waals surface area contributed by atoms with Crippen molar-refractivity contribution in [3.63, 3.8) is 0 Å². The van der Waals surface area contributed by atoms with E-state index in [-0.39, 0.29) is 32.5 Å². The minimum atomic E-state index is -0.532. The Hall–Kier alpha value is -3.12. The minimum Gasteiger partial charge on any atom is -0.483 e. The second-order valence-electron chi connectivity index (χ2n) is 7.86. The summed E-state index contributed by atoms with van der Waals surface area (Å²) in [4.78, 5) is 47.6. The summed E-state index contributed by atoms with van der Waals surface area (Å²) in [6, 6.07) is 11.2. The summed E-state index contributed by atoms with van der Waals surface area (Å²) in [5, 5.41) is 0. The smallest absolute Gasteiger partial charge is 0.276 e. The molecule has 0 aliphatic rings. The minimum absolute atomic E-state index is 0.00255. The highest BCUT2D eigenvalue weighted by molar-refractivity contribution is 9.10. The quantitative estimate of drug-likeness (QED) is 0.263. The Kier molecular flexibility index (Phi) is 12.9. The molecule has 0 heterocycles. The summed E-state index contributed by atoms with van der Waals surface area (Å²) in [6.07, 6.45) is 1.96. The van der Waals surface area contributed by atoms with Crippen LogP contribution < -0.4 is 31.2 Å². The van der Waals surface area contributed by atoms with Gasteiger partial charge >= 0.3 is 0 Å². The Morgan fingerprint density at radius 3 is 1.38 bits per heavy atom. The zero-order valence-electron chi connectivity index (χ0n) is 20.6. The number of rotatable bonds is 12. The number of carbonyl (C=O) groups is 4. The van der Waals surface area contributed by atoms with Crippen molar-refractivity contribution in [2.45, 2.75) is 46.0 Å². The molecule has 0 fully saturated rings.